The molecule has 0 bridgehead atoms. The van der Waals surface area contributed by atoms with Crippen molar-refractivity contribution in [3.05, 3.63) is 38.9 Å². The Balaban J connectivity index is 2.21. The molecular formula is C13H17ClN2O3. The van der Waals surface area contributed by atoms with Crippen LogP contribution in [0.25, 0.3) is 0 Å². The molecule has 0 aliphatic carbocycles. The number of likely N-dealkylation sites (tertiary alicyclic amines) is 1. The van der Waals surface area contributed by atoms with Crippen molar-refractivity contribution in [3.8, 4) is 0 Å². The Labute approximate surface area is 116 Å². The van der Waals surface area contributed by atoms with Gasteiger partial charge in [-0.15, -0.1) is 0 Å². The van der Waals surface area contributed by atoms with Crippen LogP contribution in [0.4, 0.5) is 5.69 Å². The Bertz CT molecular complexity index is 481. The number of nitro benzene ring substituents is 1. The molecule has 0 amide bonds. The van der Waals surface area contributed by atoms with Gasteiger partial charge in [0.1, 0.15) is 0 Å². The molecule has 2 rings (SSSR count). The molecule has 0 saturated carbocycles. The second-order valence-corrected chi connectivity index (χ2v) is 5.45. The van der Waals surface area contributed by atoms with E-state index in [0.29, 0.717) is 23.0 Å². The molecule has 1 aromatic rings. The molecule has 19 heavy (non-hydrogen) atoms. The third-order valence-electron chi connectivity index (χ3n) is 3.80. The van der Waals surface area contributed by atoms with Crippen molar-refractivity contribution in [1.82, 2.24) is 4.90 Å². The number of hydrogen-bond acceptors (Lipinski definition) is 4. The van der Waals surface area contributed by atoms with E-state index in [1.54, 1.807) is 12.1 Å². The van der Waals surface area contributed by atoms with E-state index >= 15 is 0 Å². The van der Waals surface area contributed by atoms with Crippen LogP contribution < -0.4 is 0 Å². The van der Waals surface area contributed by atoms with Crippen LogP contribution in [-0.4, -0.2) is 34.1 Å². The maximum Gasteiger partial charge on any atom is 0.275 e. The molecular weight excluding hydrogens is 268 g/mol. The van der Waals surface area contributed by atoms with Gasteiger partial charge in [-0.1, -0.05) is 18.5 Å². The van der Waals surface area contributed by atoms with Crippen LogP contribution in [0.1, 0.15) is 18.9 Å². The molecule has 1 aliphatic rings. The first-order valence-corrected chi connectivity index (χ1v) is 6.68. The van der Waals surface area contributed by atoms with Crippen LogP contribution >= 0.6 is 11.6 Å². The molecule has 2 unspecified atom stereocenters. The van der Waals surface area contributed by atoms with Crippen molar-refractivity contribution in [3.63, 3.8) is 0 Å². The fraction of sp³-hybridized carbons (Fsp3) is 0.538. The van der Waals surface area contributed by atoms with Crippen LogP contribution in [0.3, 0.4) is 0 Å². The molecule has 5 nitrogen and oxygen atoms in total. The SMILES string of the molecule is CC1CCN(Cc2ccc(Cl)cc2[N+](=O)[O-])C1CO. The van der Waals surface area contributed by atoms with Crippen LogP contribution in [0.5, 0.6) is 0 Å². The first-order chi connectivity index (χ1) is 9.02. The molecule has 0 spiro atoms. The van der Waals surface area contributed by atoms with Gasteiger partial charge in [0, 0.05) is 29.2 Å². The molecule has 1 heterocycles. The van der Waals surface area contributed by atoms with Crippen LogP contribution in [0.15, 0.2) is 18.2 Å². The lowest BCUT2D eigenvalue weighted by atomic mass is 10.0. The number of aliphatic hydroxyl groups excluding tert-OH is 1. The summed E-state index contributed by atoms with van der Waals surface area (Å²) in [5.74, 6) is 0.413. The van der Waals surface area contributed by atoms with Gasteiger partial charge in [0.2, 0.25) is 0 Å². The van der Waals surface area contributed by atoms with Gasteiger partial charge in [-0.3, -0.25) is 15.0 Å². The largest absolute Gasteiger partial charge is 0.395 e. The summed E-state index contributed by atoms with van der Waals surface area (Å²) >= 11 is 5.80. The summed E-state index contributed by atoms with van der Waals surface area (Å²) in [6.07, 6.45) is 1.01. The molecule has 1 fully saturated rings. The smallest absolute Gasteiger partial charge is 0.275 e. The molecule has 0 aromatic heterocycles. The quantitative estimate of drug-likeness (QED) is 0.681. The number of hydrogen-bond donors (Lipinski definition) is 1. The zero-order valence-corrected chi connectivity index (χ0v) is 11.5. The third-order valence-corrected chi connectivity index (χ3v) is 4.04. The predicted molar refractivity (Wildman–Crippen MR) is 73.2 cm³/mol. The second kappa shape index (κ2) is 5.86. The Kier molecular flexibility index (Phi) is 4.39. The fourth-order valence-corrected chi connectivity index (χ4v) is 2.81. The van der Waals surface area contributed by atoms with Gasteiger partial charge in [-0.2, -0.15) is 0 Å². The highest BCUT2D eigenvalue weighted by Gasteiger charge is 2.31. The van der Waals surface area contributed by atoms with Gasteiger partial charge in [0.15, 0.2) is 0 Å². The average Bonchev–Trinajstić information content (AvgIpc) is 2.71. The maximum absolute atomic E-state index is 11.0. The van der Waals surface area contributed by atoms with Crippen molar-refractivity contribution in [1.29, 1.82) is 0 Å². The molecule has 6 heteroatoms. The first-order valence-electron chi connectivity index (χ1n) is 6.30. The molecule has 1 aliphatic heterocycles. The standard InChI is InChI=1S/C13H17ClN2O3/c1-9-4-5-15(13(9)8-17)7-10-2-3-11(14)6-12(10)16(18)19/h2-3,6,9,13,17H,4-5,7-8H2,1H3. The fourth-order valence-electron chi connectivity index (χ4n) is 2.64. The summed E-state index contributed by atoms with van der Waals surface area (Å²) in [7, 11) is 0. The van der Waals surface area contributed by atoms with Gasteiger partial charge < -0.3 is 5.11 Å². The predicted octanol–water partition coefficient (Wildman–Crippen LogP) is 2.45. The topological polar surface area (TPSA) is 66.6 Å². The van der Waals surface area contributed by atoms with Gasteiger partial charge in [-0.25, -0.2) is 0 Å². The number of halogens is 1. The Morgan fingerprint density at radius 3 is 2.95 bits per heavy atom. The molecule has 1 aromatic carbocycles. The van der Waals surface area contributed by atoms with Crippen molar-refractivity contribution in [2.75, 3.05) is 13.2 Å². The zero-order valence-electron chi connectivity index (χ0n) is 10.8. The van der Waals surface area contributed by atoms with E-state index in [1.165, 1.54) is 6.07 Å². The summed E-state index contributed by atoms with van der Waals surface area (Å²) in [4.78, 5) is 12.7. The average molecular weight is 285 g/mol. The number of nitrogens with zero attached hydrogens (tertiary/aromatic N) is 2. The highest BCUT2D eigenvalue weighted by molar-refractivity contribution is 6.30. The van der Waals surface area contributed by atoms with Crippen LogP contribution in [-0.2, 0) is 6.54 Å². The highest BCUT2D eigenvalue weighted by Crippen LogP contribution is 2.29. The van der Waals surface area contributed by atoms with E-state index < -0.39 is 4.92 Å². The monoisotopic (exact) mass is 284 g/mol. The minimum Gasteiger partial charge on any atom is -0.395 e. The van der Waals surface area contributed by atoms with Crippen molar-refractivity contribution in [2.45, 2.75) is 25.9 Å². The minimum absolute atomic E-state index is 0.0451. The summed E-state index contributed by atoms with van der Waals surface area (Å²) < 4.78 is 0. The Morgan fingerprint density at radius 1 is 1.58 bits per heavy atom. The van der Waals surface area contributed by atoms with Crippen molar-refractivity contribution < 1.29 is 10.0 Å². The molecule has 0 radical (unpaired) electrons. The van der Waals surface area contributed by atoms with Gasteiger partial charge in [0.25, 0.3) is 5.69 Å². The summed E-state index contributed by atoms with van der Waals surface area (Å²) in [6.45, 7) is 3.51. The lowest BCUT2D eigenvalue weighted by Gasteiger charge is -2.24. The van der Waals surface area contributed by atoms with Gasteiger partial charge in [-0.05, 0) is 31.0 Å². The van der Waals surface area contributed by atoms with Gasteiger partial charge >= 0.3 is 0 Å². The lowest BCUT2D eigenvalue weighted by molar-refractivity contribution is -0.385. The summed E-state index contributed by atoms with van der Waals surface area (Å²) in [6, 6.07) is 4.81. The maximum atomic E-state index is 11.0. The van der Waals surface area contributed by atoms with Crippen LogP contribution in [0, 0.1) is 16.0 Å². The Hall–Kier alpha value is -1.17. The van der Waals surface area contributed by atoms with E-state index in [2.05, 4.69) is 11.8 Å². The van der Waals surface area contributed by atoms with Gasteiger partial charge in [0.05, 0.1) is 11.5 Å². The molecule has 104 valence electrons. The summed E-state index contributed by atoms with van der Waals surface area (Å²) in [5.41, 5.74) is 0.686. The van der Waals surface area contributed by atoms with Crippen molar-refractivity contribution >= 4 is 17.3 Å². The Morgan fingerprint density at radius 2 is 2.32 bits per heavy atom. The van der Waals surface area contributed by atoms with Crippen LogP contribution in [0.2, 0.25) is 5.02 Å². The third kappa shape index (κ3) is 3.05. The first kappa shape index (κ1) is 14.2. The number of aliphatic hydroxyl groups is 1. The number of nitro groups is 1. The highest BCUT2D eigenvalue weighted by atomic mass is 35.5. The molecule has 1 saturated heterocycles. The van der Waals surface area contributed by atoms with E-state index in [1.807, 2.05) is 0 Å². The van der Waals surface area contributed by atoms with Crippen molar-refractivity contribution in [2.24, 2.45) is 5.92 Å². The van der Waals surface area contributed by atoms with E-state index in [0.717, 1.165) is 13.0 Å². The summed E-state index contributed by atoms with van der Waals surface area (Å²) in [5, 5.41) is 20.8. The van der Waals surface area contributed by atoms with E-state index in [-0.39, 0.29) is 18.3 Å². The zero-order chi connectivity index (χ0) is 14.0. The number of benzene rings is 1. The lowest BCUT2D eigenvalue weighted by Crippen LogP contribution is -2.34. The number of rotatable bonds is 4. The molecule has 2 atom stereocenters. The second-order valence-electron chi connectivity index (χ2n) is 5.02. The van der Waals surface area contributed by atoms with E-state index in [4.69, 9.17) is 11.6 Å². The molecule has 1 N–H and O–H groups in total. The minimum atomic E-state index is -0.408. The normalized spacial score (nSPS) is 23.7. The van der Waals surface area contributed by atoms with E-state index in [9.17, 15) is 15.2 Å².